The number of likely N-dealkylation sites (N-methyl/N-ethyl adjacent to an activating group) is 1. The van der Waals surface area contributed by atoms with Gasteiger partial charge in [0.1, 0.15) is 28.7 Å². The zero-order valence-electron chi connectivity index (χ0n) is 20.1. The molecule has 0 saturated heterocycles. The number of ketones is 2. The lowest BCUT2D eigenvalue weighted by Gasteiger charge is -2.50. The maximum atomic E-state index is 15.0. The Morgan fingerprint density at radius 2 is 1.80 bits per heavy atom. The molecular weight excluding hydrogens is 459 g/mol. The van der Waals surface area contributed by atoms with Crippen LogP contribution in [0.25, 0.3) is 5.76 Å². The number of aliphatic hydroxyl groups excluding tert-OH is 2. The van der Waals surface area contributed by atoms with Gasteiger partial charge in [-0.05, 0) is 49.9 Å². The van der Waals surface area contributed by atoms with Crippen LogP contribution in [-0.4, -0.2) is 68.5 Å². The molecule has 0 unspecified atom stereocenters. The second-order valence-electron chi connectivity index (χ2n) is 10.8. The number of phenols is 1. The number of nitrogens with zero attached hydrogens (tertiary/aromatic N) is 1. The summed E-state index contributed by atoms with van der Waals surface area (Å²) in [6.07, 6.45) is -0.00138. The van der Waals surface area contributed by atoms with Gasteiger partial charge in [0, 0.05) is 17.1 Å². The average Bonchev–Trinajstić information content (AvgIpc) is 2.68. The molecule has 6 N–H and O–H groups in total. The molecule has 4 atom stereocenters. The number of nitrogens with two attached hydrogens (primary N) is 1. The molecule has 3 aliphatic rings. The Labute approximate surface area is 201 Å². The van der Waals surface area contributed by atoms with Crippen molar-refractivity contribution in [3.63, 3.8) is 0 Å². The summed E-state index contributed by atoms with van der Waals surface area (Å²) in [5, 5.41) is 44.5. The van der Waals surface area contributed by atoms with E-state index in [1.165, 1.54) is 25.1 Å². The van der Waals surface area contributed by atoms with Gasteiger partial charge >= 0.3 is 0 Å². The van der Waals surface area contributed by atoms with Crippen LogP contribution in [0.2, 0.25) is 0 Å². The van der Waals surface area contributed by atoms with E-state index in [2.05, 4.69) is 0 Å². The molecule has 1 saturated carbocycles. The van der Waals surface area contributed by atoms with Gasteiger partial charge in [-0.25, -0.2) is 4.39 Å². The number of primary amides is 1. The van der Waals surface area contributed by atoms with E-state index >= 15 is 0 Å². The average molecular weight is 489 g/mol. The van der Waals surface area contributed by atoms with Crippen molar-refractivity contribution in [2.24, 2.45) is 17.6 Å². The maximum Gasteiger partial charge on any atom is 0.255 e. The molecule has 0 radical (unpaired) electrons. The largest absolute Gasteiger partial charge is 0.508 e. The first-order valence-corrected chi connectivity index (χ1v) is 11.2. The molecule has 0 heterocycles. The number of benzene rings is 1. The third kappa shape index (κ3) is 3.23. The number of fused-ring (bicyclic) bond motifs is 3. The van der Waals surface area contributed by atoms with E-state index in [4.69, 9.17) is 5.73 Å². The normalized spacial score (nSPS) is 28.7. The Balaban J connectivity index is 1.99. The lowest BCUT2D eigenvalue weighted by Crippen LogP contribution is -2.65. The van der Waals surface area contributed by atoms with Gasteiger partial charge in [0.2, 0.25) is 5.78 Å². The lowest BCUT2D eigenvalue weighted by molar-refractivity contribution is -0.153. The number of Topliss-reactive ketones (excluding diaryl/α,β-unsaturated/α-hetero) is 2. The van der Waals surface area contributed by atoms with Gasteiger partial charge in [0.05, 0.1) is 11.6 Å². The number of carbonyl (C=O) groups is 3. The van der Waals surface area contributed by atoms with Gasteiger partial charge in [-0.15, -0.1) is 0 Å². The quantitative estimate of drug-likeness (QED) is 0.390. The van der Waals surface area contributed by atoms with Crippen molar-refractivity contribution in [3.8, 4) is 5.75 Å². The Hall–Kier alpha value is -3.24. The summed E-state index contributed by atoms with van der Waals surface area (Å²) >= 11 is 0. The van der Waals surface area contributed by atoms with Crippen molar-refractivity contribution in [2.45, 2.75) is 50.7 Å². The molecule has 1 fully saturated rings. The highest BCUT2D eigenvalue weighted by Crippen LogP contribution is 2.53. The Morgan fingerprint density at radius 3 is 2.31 bits per heavy atom. The van der Waals surface area contributed by atoms with E-state index in [9.17, 15) is 39.2 Å². The number of hydrogen-bond acceptors (Lipinski definition) is 8. The molecule has 3 aliphatic carbocycles. The van der Waals surface area contributed by atoms with Crippen LogP contribution in [0.1, 0.15) is 43.9 Å². The van der Waals surface area contributed by atoms with E-state index in [1.807, 2.05) is 0 Å². The summed E-state index contributed by atoms with van der Waals surface area (Å²) < 4.78 is 15.0. The first-order valence-electron chi connectivity index (χ1n) is 11.2. The maximum absolute atomic E-state index is 15.0. The fourth-order valence-corrected chi connectivity index (χ4v) is 5.98. The minimum atomic E-state index is -2.70. The summed E-state index contributed by atoms with van der Waals surface area (Å²) in [6, 6.07) is 0.0483. The zero-order valence-corrected chi connectivity index (χ0v) is 20.1. The SMILES string of the molecule is CN(C)[C@@H]1C(=O)C(C(N)=O)=C(O)[C@@]2(O)C(=O)C3=C(O)c4c(cc(F)c(C(C)(C)C)c4O)C[C@H]3C[C@@H]12. The van der Waals surface area contributed by atoms with Gasteiger partial charge in [0.25, 0.3) is 5.91 Å². The monoisotopic (exact) mass is 488 g/mol. The third-order valence-corrected chi connectivity index (χ3v) is 7.41. The van der Waals surface area contributed by atoms with Crippen LogP contribution in [0.4, 0.5) is 4.39 Å². The van der Waals surface area contributed by atoms with Crippen LogP contribution in [0.15, 0.2) is 23.0 Å². The molecule has 10 heteroatoms. The Morgan fingerprint density at radius 1 is 1.20 bits per heavy atom. The van der Waals surface area contributed by atoms with Gasteiger partial charge in [-0.3, -0.25) is 19.3 Å². The van der Waals surface area contributed by atoms with E-state index in [0.717, 1.165) is 0 Å². The topological polar surface area (TPSA) is 161 Å². The number of rotatable bonds is 2. The molecule has 9 nitrogen and oxygen atoms in total. The first kappa shape index (κ1) is 24.9. The van der Waals surface area contributed by atoms with Crippen molar-refractivity contribution in [1.29, 1.82) is 0 Å². The number of aromatic hydroxyl groups is 1. The minimum Gasteiger partial charge on any atom is -0.508 e. The van der Waals surface area contributed by atoms with Crippen molar-refractivity contribution < 1.29 is 39.2 Å². The van der Waals surface area contributed by atoms with Gasteiger partial charge in [0.15, 0.2) is 11.4 Å². The summed E-state index contributed by atoms with van der Waals surface area (Å²) in [7, 11) is 3.05. The van der Waals surface area contributed by atoms with Gasteiger partial charge in [-0.1, -0.05) is 20.8 Å². The van der Waals surface area contributed by atoms with Crippen LogP contribution in [-0.2, 0) is 26.2 Å². The smallest absolute Gasteiger partial charge is 0.255 e. The van der Waals surface area contributed by atoms with Crippen molar-refractivity contribution in [1.82, 2.24) is 4.90 Å². The van der Waals surface area contributed by atoms with Gasteiger partial charge < -0.3 is 26.2 Å². The van der Waals surface area contributed by atoms with Gasteiger partial charge in [-0.2, -0.15) is 0 Å². The second-order valence-corrected chi connectivity index (χ2v) is 10.8. The van der Waals surface area contributed by atoms with E-state index in [0.29, 0.717) is 0 Å². The molecule has 0 aliphatic heterocycles. The molecule has 1 amide bonds. The third-order valence-electron chi connectivity index (χ3n) is 7.41. The predicted molar refractivity (Wildman–Crippen MR) is 123 cm³/mol. The molecule has 0 bridgehead atoms. The number of aliphatic hydroxyl groups is 3. The molecule has 0 spiro atoms. The molecule has 188 valence electrons. The molecule has 1 aromatic carbocycles. The number of hydrogen-bond donors (Lipinski definition) is 5. The standard InChI is InChI=1S/C25H29FN2O7/c1-24(2,3)16-12(26)8-10-6-9-7-11-17(28(4)5)20(31)15(23(27)34)22(33)25(11,35)21(32)14(9)18(29)13(10)19(16)30/h8-9,11,17,29-30,33,35H,6-7H2,1-5H3,(H2,27,34)/t9-,11-,17-,25-/m0/s1. The zero-order chi connectivity index (χ0) is 26.4. The molecule has 0 aromatic heterocycles. The first-order chi connectivity index (χ1) is 16.0. The highest BCUT2D eigenvalue weighted by atomic mass is 19.1. The fraction of sp³-hybridized carbons (Fsp3) is 0.480. The molecule has 1 aromatic rings. The highest BCUT2D eigenvalue weighted by molar-refractivity contribution is 6.24. The number of carbonyl (C=O) groups excluding carboxylic acids is 3. The van der Waals surface area contributed by atoms with Crippen LogP contribution in [0, 0.1) is 17.7 Å². The van der Waals surface area contributed by atoms with Crippen LogP contribution in [0.5, 0.6) is 5.75 Å². The van der Waals surface area contributed by atoms with Crippen LogP contribution >= 0.6 is 0 Å². The lowest BCUT2D eigenvalue weighted by atomic mass is 9.57. The summed E-state index contributed by atoms with van der Waals surface area (Å²) in [5.41, 5.74) is 0.752. The van der Waals surface area contributed by atoms with Crippen molar-refractivity contribution in [3.05, 3.63) is 45.5 Å². The number of halogens is 1. The van der Waals surface area contributed by atoms with Crippen LogP contribution < -0.4 is 5.73 Å². The van der Waals surface area contributed by atoms with Crippen molar-refractivity contribution >= 4 is 23.2 Å². The Kier molecular flexibility index (Phi) is 5.42. The summed E-state index contributed by atoms with van der Waals surface area (Å²) in [6.45, 7) is 5.04. The van der Waals surface area contributed by atoms with E-state index in [1.54, 1.807) is 20.8 Å². The van der Waals surface area contributed by atoms with E-state index < -0.39 is 75.0 Å². The van der Waals surface area contributed by atoms with Crippen LogP contribution in [0.3, 0.4) is 0 Å². The molecule has 35 heavy (non-hydrogen) atoms. The van der Waals surface area contributed by atoms with Crippen molar-refractivity contribution in [2.75, 3.05) is 14.1 Å². The summed E-state index contributed by atoms with van der Waals surface area (Å²) in [4.78, 5) is 40.2. The summed E-state index contributed by atoms with van der Waals surface area (Å²) in [5.74, 6) is -8.08. The highest BCUT2D eigenvalue weighted by Gasteiger charge is 2.64. The van der Waals surface area contributed by atoms with E-state index in [-0.39, 0.29) is 35.1 Å². The number of phenolic OH excluding ortho intramolecular Hbond substituents is 1. The Bertz CT molecular complexity index is 1260. The number of amides is 1. The predicted octanol–water partition coefficient (Wildman–Crippen LogP) is 1.40. The molecule has 4 rings (SSSR count). The minimum absolute atomic E-state index is 0.0450. The fourth-order valence-electron chi connectivity index (χ4n) is 5.98. The molecular formula is C25H29FN2O7. The second kappa shape index (κ2) is 7.63.